The van der Waals surface area contributed by atoms with Crippen molar-refractivity contribution in [2.24, 2.45) is 0 Å². The maximum absolute atomic E-state index is 12.5. The Bertz CT molecular complexity index is 382. The van der Waals surface area contributed by atoms with Gasteiger partial charge in [0.25, 0.3) is 6.43 Å². The minimum absolute atomic E-state index is 0.271. The number of hydrogen-bond acceptors (Lipinski definition) is 2. The zero-order chi connectivity index (χ0) is 10.9. The fourth-order valence-corrected chi connectivity index (χ4v) is 1.46. The third-order valence-corrected chi connectivity index (χ3v) is 2.83. The summed E-state index contributed by atoms with van der Waals surface area (Å²) in [6.07, 6.45) is -1.55. The van der Waals surface area contributed by atoms with Crippen LogP contribution < -0.4 is 0 Å². The highest BCUT2D eigenvalue weighted by Crippen LogP contribution is 2.27. The Morgan fingerprint density at radius 2 is 2.21 bits per heavy atom. The van der Waals surface area contributed by atoms with Gasteiger partial charge in [-0.2, -0.15) is 0 Å². The number of nitrogens with zero attached hydrogens (tertiary/aromatic N) is 1. The molecule has 1 heterocycles. The number of aromatic nitrogens is 1. The summed E-state index contributed by atoms with van der Waals surface area (Å²) in [5.41, 5.74) is -0.796. The van der Waals surface area contributed by atoms with Crippen molar-refractivity contribution in [2.75, 3.05) is 0 Å². The lowest BCUT2D eigenvalue weighted by atomic mass is 10.1. The Hall–Kier alpha value is -0.790. The highest BCUT2D eigenvalue weighted by atomic mass is 127. The number of hydrogen-bond donors (Lipinski definition) is 1. The van der Waals surface area contributed by atoms with E-state index in [4.69, 9.17) is 5.11 Å². The van der Waals surface area contributed by atoms with Crippen LogP contribution in [0, 0.1) is 10.5 Å². The molecule has 76 valence electrons. The first-order valence-electron chi connectivity index (χ1n) is 3.61. The van der Waals surface area contributed by atoms with Gasteiger partial charge in [-0.15, -0.1) is 0 Å². The average Bonchev–Trinajstić information content (AvgIpc) is 2.08. The highest BCUT2D eigenvalue weighted by molar-refractivity contribution is 14.1. The van der Waals surface area contributed by atoms with Crippen LogP contribution in [0.5, 0.6) is 0 Å². The highest BCUT2D eigenvalue weighted by Gasteiger charge is 2.22. The number of carboxylic acids is 1. The molecular formula is C8H6F2INO2. The standard InChI is InChI=1S/C8H6F2INO2/c1-3-4(11)2-12-6(8(13)14)5(3)7(9)10/h2,7H,1H3,(H,13,14). The molecule has 0 atom stereocenters. The molecule has 0 radical (unpaired) electrons. The van der Waals surface area contributed by atoms with E-state index in [9.17, 15) is 13.6 Å². The zero-order valence-corrected chi connectivity index (χ0v) is 9.25. The molecule has 0 saturated heterocycles. The first-order chi connectivity index (χ1) is 6.45. The van der Waals surface area contributed by atoms with Gasteiger partial charge in [0.05, 0.1) is 5.56 Å². The van der Waals surface area contributed by atoms with Gasteiger partial charge in [0.2, 0.25) is 0 Å². The van der Waals surface area contributed by atoms with Crippen molar-refractivity contribution in [3.8, 4) is 0 Å². The van der Waals surface area contributed by atoms with E-state index in [2.05, 4.69) is 4.98 Å². The molecule has 3 nitrogen and oxygen atoms in total. The zero-order valence-electron chi connectivity index (χ0n) is 7.09. The number of carboxylic acid groups (broad SMARTS) is 1. The SMILES string of the molecule is Cc1c(I)cnc(C(=O)O)c1C(F)F. The molecule has 0 unspecified atom stereocenters. The second-order valence-corrected chi connectivity index (χ2v) is 3.76. The molecule has 0 aliphatic carbocycles. The molecule has 0 aromatic carbocycles. The third kappa shape index (κ3) is 1.99. The largest absolute Gasteiger partial charge is 0.476 e. The summed E-state index contributed by atoms with van der Waals surface area (Å²) >= 11 is 1.83. The molecule has 0 bridgehead atoms. The molecule has 0 aliphatic rings. The van der Waals surface area contributed by atoms with Crippen LogP contribution in [0.3, 0.4) is 0 Å². The van der Waals surface area contributed by atoms with Gasteiger partial charge >= 0.3 is 5.97 Å². The average molecular weight is 313 g/mol. The molecular weight excluding hydrogens is 307 g/mol. The van der Waals surface area contributed by atoms with Crippen molar-refractivity contribution < 1.29 is 18.7 Å². The monoisotopic (exact) mass is 313 g/mol. The van der Waals surface area contributed by atoms with Gasteiger partial charge < -0.3 is 5.11 Å². The number of aromatic carboxylic acids is 1. The number of pyridine rings is 1. The van der Waals surface area contributed by atoms with E-state index in [1.807, 2.05) is 22.6 Å². The molecule has 1 rings (SSSR count). The minimum Gasteiger partial charge on any atom is -0.476 e. The molecule has 0 fully saturated rings. The summed E-state index contributed by atoms with van der Waals surface area (Å²) in [5, 5.41) is 8.63. The van der Waals surface area contributed by atoms with Crippen LogP contribution in [-0.4, -0.2) is 16.1 Å². The van der Waals surface area contributed by atoms with Gasteiger partial charge in [0.1, 0.15) is 0 Å². The molecule has 14 heavy (non-hydrogen) atoms. The minimum atomic E-state index is -2.82. The lowest BCUT2D eigenvalue weighted by Gasteiger charge is -2.08. The fraction of sp³-hybridized carbons (Fsp3) is 0.250. The van der Waals surface area contributed by atoms with Gasteiger partial charge in [-0.3, -0.25) is 0 Å². The second-order valence-electron chi connectivity index (χ2n) is 2.60. The lowest BCUT2D eigenvalue weighted by molar-refractivity contribution is 0.0676. The number of halogens is 3. The summed E-state index contributed by atoms with van der Waals surface area (Å²) in [6, 6.07) is 0. The van der Waals surface area contributed by atoms with E-state index >= 15 is 0 Å². The molecule has 1 N–H and O–H groups in total. The summed E-state index contributed by atoms with van der Waals surface area (Å²) in [5.74, 6) is -1.43. The van der Waals surface area contributed by atoms with E-state index in [1.165, 1.54) is 13.1 Å². The Balaban J connectivity index is 3.45. The Labute approximate surface area is 92.3 Å². The smallest absolute Gasteiger partial charge is 0.355 e. The molecule has 1 aromatic rings. The maximum atomic E-state index is 12.5. The first-order valence-corrected chi connectivity index (χ1v) is 4.69. The van der Waals surface area contributed by atoms with Gasteiger partial charge in [-0.1, -0.05) is 0 Å². The molecule has 0 spiro atoms. The summed E-state index contributed by atoms with van der Waals surface area (Å²) in [6.45, 7) is 1.46. The van der Waals surface area contributed by atoms with Crippen LogP contribution in [0.4, 0.5) is 8.78 Å². The number of rotatable bonds is 2. The van der Waals surface area contributed by atoms with E-state index < -0.39 is 23.7 Å². The number of carbonyl (C=O) groups is 1. The van der Waals surface area contributed by atoms with E-state index in [0.717, 1.165) is 0 Å². The van der Waals surface area contributed by atoms with Crippen molar-refractivity contribution in [2.45, 2.75) is 13.3 Å². The molecule has 6 heteroatoms. The van der Waals surface area contributed by atoms with E-state index in [-0.39, 0.29) is 5.56 Å². The quantitative estimate of drug-likeness (QED) is 0.854. The van der Waals surface area contributed by atoms with Crippen LogP contribution in [0.25, 0.3) is 0 Å². The second kappa shape index (κ2) is 4.16. The van der Waals surface area contributed by atoms with Crippen LogP contribution in [0.1, 0.15) is 28.0 Å². The predicted octanol–water partition coefficient (Wildman–Crippen LogP) is 2.63. The summed E-state index contributed by atoms with van der Waals surface area (Å²) in [4.78, 5) is 14.1. The Morgan fingerprint density at radius 3 is 2.64 bits per heavy atom. The fourth-order valence-electron chi connectivity index (χ4n) is 1.03. The number of alkyl halides is 2. The van der Waals surface area contributed by atoms with E-state index in [0.29, 0.717) is 3.57 Å². The predicted molar refractivity (Wildman–Crippen MR) is 53.6 cm³/mol. The van der Waals surface area contributed by atoms with Gasteiger partial charge in [-0.25, -0.2) is 18.6 Å². The van der Waals surface area contributed by atoms with Crippen molar-refractivity contribution in [3.63, 3.8) is 0 Å². The van der Waals surface area contributed by atoms with Gasteiger partial charge in [-0.05, 0) is 35.1 Å². The van der Waals surface area contributed by atoms with Crippen molar-refractivity contribution >= 4 is 28.6 Å². The molecule has 0 saturated carbocycles. The van der Waals surface area contributed by atoms with Crippen LogP contribution in [0.2, 0.25) is 0 Å². The van der Waals surface area contributed by atoms with Crippen molar-refractivity contribution in [1.82, 2.24) is 4.98 Å². The topological polar surface area (TPSA) is 50.2 Å². The van der Waals surface area contributed by atoms with Crippen LogP contribution in [-0.2, 0) is 0 Å². The van der Waals surface area contributed by atoms with Gasteiger partial charge in [0, 0.05) is 9.77 Å². The van der Waals surface area contributed by atoms with Crippen LogP contribution in [0.15, 0.2) is 6.20 Å². The third-order valence-electron chi connectivity index (χ3n) is 1.75. The normalized spacial score (nSPS) is 10.6. The Kier molecular flexibility index (Phi) is 3.35. The summed E-state index contributed by atoms with van der Waals surface area (Å²) in [7, 11) is 0. The summed E-state index contributed by atoms with van der Waals surface area (Å²) < 4.78 is 25.6. The van der Waals surface area contributed by atoms with Crippen LogP contribution >= 0.6 is 22.6 Å². The molecule has 0 amide bonds. The van der Waals surface area contributed by atoms with E-state index in [1.54, 1.807) is 0 Å². The van der Waals surface area contributed by atoms with Gasteiger partial charge in [0.15, 0.2) is 5.69 Å². The first kappa shape index (κ1) is 11.3. The molecule has 0 aliphatic heterocycles. The maximum Gasteiger partial charge on any atom is 0.355 e. The van der Waals surface area contributed by atoms with Crippen molar-refractivity contribution in [3.05, 3.63) is 26.6 Å². The lowest BCUT2D eigenvalue weighted by Crippen LogP contribution is -2.09. The molecule has 1 aromatic heterocycles. The van der Waals surface area contributed by atoms with Crippen molar-refractivity contribution in [1.29, 1.82) is 0 Å². The Morgan fingerprint density at radius 1 is 1.64 bits per heavy atom.